The fraction of sp³-hybridized carbons (Fsp3) is 0.400. The highest BCUT2D eigenvalue weighted by molar-refractivity contribution is 5.73. The Kier molecular flexibility index (Phi) is 4.79. The molecule has 0 aliphatic rings. The second-order valence-corrected chi connectivity index (χ2v) is 3.39. The van der Waals surface area contributed by atoms with Gasteiger partial charge in [-0.25, -0.2) is 8.78 Å². The van der Waals surface area contributed by atoms with Crippen molar-refractivity contribution in [2.45, 2.75) is 19.8 Å². The predicted molar refractivity (Wildman–Crippen MR) is 56.1 cm³/mol. The van der Waals surface area contributed by atoms with Gasteiger partial charge >= 0.3 is 17.7 Å². The van der Waals surface area contributed by atoms with Crippen LogP contribution in [0.5, 0.6) is 0 Å². The number of rotatable bonds is 5. The monoisotopic (exact) mass is 278 g/mol. The van der Waals surface area contributed by atoms with Crippen LogP contribution >= 0.6 is 0 Å². The van der Waals surface area contributed by atoms with Crippen LogP contribution in [0.15, 0.2) is 6.07 Å². The number of halogens is 3. The zero-order valence-electron chi connectivity index (χ0n) is 9.73. The van der Waals surface area contributed by atoms with E-state index in [0.29, 0.717) is 6.07 Å². The van der Waals surface area contributed by atoms with Crippen LogP contribution in [-0.2, 0) is 16.0 Å². The minimum absolute atomic E-state index is 0.0307. The van der Waals surface area contributed by atoms with Gasteiger partial charge in [0.15, 0.2) is 0 Å². The van der Waals surface area contributed by atoms with Gasteiger partial charge in [-0.2, -0.15) is 4.39 Å². The summed E-state index contributed by atoms with van der Waals surface area (Å²) in [5.41, 5.74) is -1.51. The zero-order valence-corrected chi connectivity index (χ0v) is 9.73. The molecule has 0 saturated heterocycles. The molecule has 0 amide bonds. The quantitative estimate of drug-likeness (QED) is 0.357. The number of hydrogen-bond acceptors (Lipinski definition) is 5. The molecule has 1 rings (SSSR count). The van der Waals surface area contributed by atoms with Gasteiger partial charge < -0.3 is 14.9 Å². The molecule has 0 aliphatic heterocycles. The Labute approximate surface area is 105 Å². The molecule has 0 radical (unpaired) electrons. The first-order valence-corrected chi connectivity index (χ1v) is 5.14. The predicted octanol–water partition coefficient (Wildman–Crippen LogP) is 2.17. The summed E-state index contributed by atoms with van der Waals surface area (Å²) >= 11 is 0. The number of carbonyl (C=O) groups excluding carboxylic acids is 1. The first kappa shape index (κ1) is 14.9. The number of carbonyl (C=O) groups is 1. The molecule has 1 heterocycles. The van der Waals surface area contributed by atoms with E-state index in [1.807, 2.05) is 0 Å². The molecule has 0 aromatic carbocycles. The van der Waals surface area contributed by atoms with Crippen LogP contribution in [0.3, 0.4) is 0 Å². The van der Waals surface area contributed by atoms with E-state index in [1.54, 1.807) is 0 Å². The summed E-state index contributed by atoms with van der Waals surface area (Å²) < 4.78 is 42.6. The lowest BCUT2D eigenvalue weighted by Crippen LogP contribution is -2.12. The van der Waals surface area contributed by atoms with Crippen LogP contribution in [0.4, 0.5) is 19.0 Å². The van der Waals surface area contributed by atoms with E-state index in [2.05, 4.69) is 9.72 Å². The topological polar surface area (TPSA) is 82.3 Å². The highest BCUT2D eigenvalue weighted by atomic mass is 19.3. The lowest BCUT2D eigenvalue weighted by Gasteiger charge is -2.05. The van der Waals surface area contributed by atoms with Gasteiger partial charge in [-0.1, -0.05) is 0 Å². The second-order valence-electron chi connectivity index (χ2n) is 3.39. The van der Waals surface area contributed by atoms with Gasteiger partial charge in [0.1, 0.15) is 0 Å². The van der Waals surface area contributed by atoms with Crippen molar-refractivity contribution < 1.29 is 27.6 Å². The van der Waals surface area contributed by atoms with Gasteiger partial charge in [0.25, 0.3) is 6.43 Å². The number of ether oxygens (including phenoxy) is 1. The van der Waals surface area contributed by atoms with Gasteiger partial charge in [-0.3, -0.25) is 4.79 Å². The smallest absolute Gasteiger partial charge is 0.370 e. The first-order chi connectivity index (χ1) is 8.86. The number of esters is 1. The lowest BCUT2D eigenvalue weighted by molar-refractivity contribution is -0.390. The Hall–Kier alpha value is -2.19. The normalized spacial score (nSPS) is 10.6. The van der Waals surface area contributed by atoms with E-state index in [1.165, 1.54) is 6.92 Å². The third-order valence-electron chi connectivity index (χ3n) is 2.11. The van der Waals surface area contributed by atoms with E-state index in [0.717, 1.165) is 0 Å². The fourth-order valence-electron chi connectivity index (χ4n) is 1.35. The molecule has 0 spiro atoms. The summed E-state index contributed by atoms with van der Waals surface area (Å²) in [5, 5.41) is 10.6. The van der Waals surface area contributed by atoms with Crippen LogP contribution in [0, 0.1) is 16.1 Å². The van der Waals surface area contributed by atoms with Crippen LogP contribution in [0.2, 0.25) is 0 Å². The van der Waals surface area contributed by atoms with Gasteiger partial charge in [0.2, 0.25) is 0 Å². The summed E-state index contributed by atoms with van der Waals surface area (Å²) in [6.45, 7) is 1.54. The number of alkyl halides is 2. The molecular weight excluding hydrogens is 269 g/mol. The summed E-state index contributed by atoms with van der Waals surface area (Å²) in [5.74, 6) is -3.46. The van der Waals surface area contributed by atoms with Gasteiger partial charge in [-0.15, -0.1) is 0 Å². The van der Waals surface area contributed by atoms with E-state index < -0.39 is 46.6 Å². The van der Waals surface area contributed by atoms with Crippen molar-refractivity contribution in [1.82, 2.24) is 4.98 Å². The van der Waals surface area contributed by atoms with E-state index in [4.69, 9.17) is 0 Å². The molecule has 9 heteroatoms. The number of aromatic nitrogens is 1. The highest BCUT2D eigenvalue weighted by Gasteiger charge is 2.27. The molecule has 1 aromatic rings. The highest BCUT2D eigenvalue weighted by Crippen LogP contribution is 2.26. The van der Waals surface area contributed by atoms with E-state index in [9.17, 15) is 28.1 Å². The van der Waals surface area contributed by atoms with Crippen molar-refractivity contribution in [2.24, 2.45) is 0 Å². The van der Waals surface area contributed by atoms with Crippen LogP contribution in [-0.4, -0.2) is 22.5 Å². The Balaban J connectivity index is 3.21. The Morgan fingerprint density at radius 1 is 1.58 bits per heavy atom. The molecule has 0 saturated carbocycles. The van der Waals surface area contributed by atoms with Gasteiger partial charge in [0, 0.05) is 0 Å². The van der Waals surface area contributed by atoms with Gasteiger partial charge in [0.05, 0.1) is 24.2 Å². The average Bonchev–Trinajstić information content (AvgIpc) is 2.30. The minimum Gasteiger partial charge on any atom is -0.466 e. The van der Waals surface area contributed by atoms with Crippen LogP contribution in [0.1, 0.15) is 24.5 Å². The fourth-order valence-corrected chi connectivity index (χ4v) is 1.35. The number of nitrogens with zero attached hydrogens (tertiary/aromatic N) is 2. The second kappa shape index (κ2) is 6.12. The van der Waals surface area contributed by atoms with Crippen molar-refractivity contribution in [3.63, 3.8) is 0 Å². The van der Waals surface area contributed by atoms with E-state index >= 15 is 0 Å². The van der Waals surface area contributed by atoms with Crippen molar-refractivity contribution in [3.05, 3.63) is 33.3 Å². The summed E-state index contributed by atoms with van der Waals surface area (Å²) in [6, 6.07) is 0.558. The molecule has 0 bridgehead atoms. The van der Waals surface area contributed by atoms with Crippen LogP contribution in [0.25, 0.3) is 0 Å². The standard InChI is InChI=1S/C10H9F3N2O4/c1-2-19-7(16)4-5-3-6(8(11)12)9(13)14-10(5)15(17)18/h3,8H,2,4H2,1H3. The zero-order chi connectivity index (χ0) is 14.6. The maximum absolute atomic E-state index is 13.1. The molecule has 1 aromatic heterocycles. The molecule has 0 aliphatic carbocycles. The SMILES string of the molecule is CCOC(=O)Cc1cc(C(F)F)c(F)nc1[N+](=O)[O-]. The molecule has 6 nitrogen and oxygen atoms in total. The Bertz CT molecular complexity index is 508. The first-order valence-electron chi connectivity index (χ1n) is 5.14. The molecule has 0 unspecified atom stereocenters. The number of hydrogen-bond donors (Lipinski definition) is 0. The Morgan fingerprint density at radius 2 is 2.21 bits per heavy atom. The third-order valence-corrected chi connectivity index (χ3v) is 2.11. The largest absolute Gasteiger partial charge is 0.466 e. The molecule has 0 fully saturated rings. The van der Waals surface area contributed by atoms with Crippen molar-refractivity contribution >= 4 is 11.8 Å². The summed E-state index contributed by atoms with van der Waals surface area (Å²) in [7, 11) is 0. The number of nitro groups is 1. The Morgan fingerprint density at radius 3 is 2.68 bits per heavy atom. The van der Waals surface area contributed by atoms with Gasteiger partial charge in [-0.05, 0) is 22.9 Å². The van der Waals surface area contributed by atoms with Crippen LogP contribution < -0.4 is 0 Å². The molecule has 0 atom stereocenters. The molecule has 19 heavy (non-hydrogen) atoms. The van der Waals surface area contributed by atoms with Crippen molar-refractivity contribution in [2.75, 3.05) is 6.61 Å². The summed E-state index contributed by atoms with van der Waals surface area (Å²) in [6.07, 6.45) is -3.81. The minimum atomic E-state index is -3.19. The molecule has 104 valence electrons. The van der Waals surface area contributed by atoms with Crippen molar-refractivity contribution in [1.29, 1.82) is 0 Å². The molecular formula is C10H9F3N2O4. The van der Waals surface area contributed by atoms with Crippen molar-refractivity contribution in [3.8, 4) is 0 Å². The lowest BCUT2D eigenvalue weighted by atomic mass is 10.1. The molecule has 0 N–H and O–H groups in total. The average molecular weight is 278 g/mol. The summed E-state index contributed by atoms with van der Waals surface area (Å²) in [4.78, 5) is 23.6. The third kappa shape index (κ3) is 3.63. The van der Waals surface area contributed by atoms with E-state index in [-0.39, 0.29) is 6.61 Å². The number of pyridine rings is 1. The maximum atomic E-state index is 13.1. The maximum Gasteiger partial charge on any atom is 0.370 e.